The quantitative estimate of drug-likeness (QED) is 0.431. The third-order valence-electron chi connectivity index (χ3n) is 2.18. The van der Waals surface area contributed by atoms with E-state index in [0.717, 1.165) is 24.3 Å². The molecule has 0 spiro atoms. The molecule has 8 heteroatoms. The Hall–Kier alpha value is -1.51. The van der Waals surface area contributed by atoms with Crippen LogP contribution in [-0.4, -0.2) is 32.7 Å². The summed E-state index contributed by atoms with van der Waals surface area (Å²) in [5, 5.41) is 10.5. The van der Waals surface area contributed by atoms with E-state index in [-0.39, 0.29) is 17.2 Å². The molecule has 0 saturated heterocycles. The molecule has 1 unspecified atom stereocenters. The Kier molecular flexibility index (Phi) is 5.40. The van der Waals surface area contributed by atoms with E-state index in [4.69, 9.17) is 8.92 Å². The van der Waals surface area contributed by atoms with Crippen LogP contribution in [0.4, 0.5) is 5.69 Å². The lowest BCUT2D eigenvalue weighted by Crippen LogP contribution is -2.20. The predicted molar refractivity (Wildman–Crippen MR) is 67.3 cm³/mol. The standard InChI is InChI=1S/C11H15NO6S/c1-3-17-8-9(2)18-19(15,16)11-6-4-10(5-7-11)12(13)14/h4-7,9H,3,8H2,1-2H3. The minimum atomic E-state index is -3.93. The number of ether oxygens (including phenoxy) is 1. The van der Waals surface area contributed by atoms with E-state index in [1.54, 1.807) is 13.8 Å². The van der Waals surface area contributed by atoms with Gasteiger partial charge in [-0.25, -0.2) is 0 Å². The lowest BCUT2D eigenvalue weighted by Gasteiger charge is -2.12. The minimum Gasteiger partial charge on any atom is -0.379 e. The van der Waals surface area contributed by atoms with Gasteiger partial charge in [-0.3, -0.25) is 14.3 Å². The molecule has 1 rings (SSSR count). The summed E-state index contributed by atoms with van der Waals surface area (Å²) < 4.78 is 33.6. The second kappa shape index (κ2) is 6.60. The van der Waals surface area contributed by atoms with Gasteiger partial charge in [0.25, 0.3) is 15.8 Å². The van der Waals surface area contributed by atoms with Crippen LogP contribution in [0.15, 0.2) is 29.2 Å². The summed E-state index contributed by atoms with van der Waals surface area (Å²) in [6.45, 7) is 3.98. The number of rotatable bonds is 7. The molecule has 7 nitrogen and oxygen atoms in total. The Morgan fingerprint density at radius 1 is 1.32 bits per heavy atom. The molecule has 0 radical (unpaired) electrons. The van der Waals surface area contributed by atoms with Crippen LogP contribution >= 0.6 is 0 Å². The van der Waals surface area contributed by atoms with Gasteiger partial charge in [0.2, 0.25) is 0 Å². The Labute approximate surface area is 111 Å². The Morgan fingerprint density at radius 3 is 2.37 bits per heavy atom. The van der Waals surface area contributed by atoms with E-state index in [9.17, 15) is 18.5 Å². The van der Waals surface area contributed by atoms with Crippen molar-refractivity contribution in [3.05, 3.63) is 34.4 Å². The summed E-state index contributed by atoms with van der Waals surface area (Å²) in [6.07, 6.45) is -0.625. The fourth-order valence-electron chi connectivity index (χ4n) is 1.32. The molecule has 0 aromatic heterocycles. The normalized spacial score (nSPS) is 13.2. The van der Waals surface area contributed by atoms with E-state index in [1.165, 1.54) is 0 Å². The summed E-state index contributed by atoms with van der Waals surface area (Å²) in [7, 11) is -3.93. The molecule has 106 valence electrons. The summed E-state index contributed by atoms with van der Waals surface area (Å²) >= 11 is 0. The molecule has 0 amide bonds. The Bertz CT molecular complexity index is 525. The average Bonchev–Trinajstić information content (AvgIpc) is 2.36. The van der Waals surface area contributed by atoms with Gasteiger partial charge >= 0.3 is 0 Å². The largest absolute Gasteiger partial charge is 0.379 e. The molecule has 0 aliphatic rings. The topological polar surface area (TPSA) is 95.7 Å². The Morgan fingerprint density at radius 2 is 1.89 bits per heavy atom. The van der Waals surface area contributed by atoms with Crippen molar-refractivity contribution >= 4 is 15.8 Å². The number of hydrogen-bond acceptors (Lipinski definition) is 6. The molecule has 0 saturated carbocycles. The van der Waals surface area contributed by atoms with E-state index >= 15 is 0 Å². The fourth-order valence-corrected chi connectivity index (χ4v) is 2.39. The van der Waals surface area contributed by atoms with Crippen LogP contribution in [0.3, 0.4) is 0 Å². The zero-order valence-corrected chi connectivity index (χ0v) is 11.4. The van der Waals surface area contributed by atoms with Crippen LogP contribution in [0.5, 0.6) is 0 Å². The Balaban J connectivity index is 2.79. The van der Waals surface area contributed by atoms with Crippen LogP contribution in [0.1, 0.15) is 13.8 Å². The van der Waals surface area contributed by atoms with Crippen molar-refractivity contribution in [1.29, 1.82) is 0 Å². The van der Waals surface area contributed by atoms with Crippen molar-refractivity contribution in [2.75, 3.05) is 13.2 Å². The first-order valence-electron chi connectivity index (χ1n) is 5.62. The molecule has 0 heterocycles. The molecule has 1 aromatic carbocycles. The SMILES string of the molecule is CCOCC(C)OS(=O)(=O)c1ccc([N+](=O)[O-])cc1. The maximum Gasteiger partial charge on any atom is 0.297 e. The number of benzene rings is 1. The first kappa shape index (κ1) is 15.5. The molecule has 0 bridgehead atoms. The van der Waals surface area contributed by atoms with Gasteiger partial charge in [0.05, 0.1) is 22.5 Å². The van der Waals surface area contributed by atoms with Gasteiger partial charge in [-0.05, 0) is 26.0 Å². The van der Waals surface area contributed by atoms with Gasteiger partial charge < -0.3 is 4.74 Å². The number of nitro groups is 1. The van der Waals surface area contributed by atoms with Gasteiger partial charge in [0.1, 0.15) is 0 Å². The second-order valence-corrected chi connectivity index (χ2v) is 5.34. The second-order valence-electron chi connectivity index (χ2n) is 3.77. The van der Waals surface area contributed by atoms with Gasteiger partial charge in [-0.2, -0.15) is 8.42 Å². The number of hydrogen-bond donors (Lipinski definition) is 0. The number of nitro benzene ring substituents is 1. The summed E-state index contributed by atoms with van der Waals surface area (Å²) in [6, 6.07) is 4.51. The van der Waals surface area contributed by atoms with Crippen molar-refractivity contribution in [1.82, 2.24) is 0 Å². The van der Waals surface area contributed by atoms with Crippen LogP contribution in [0, 0.1) is 10.1 Å². The van der Waals surface area contributed by atoms with E-state index < -0.39 is 21.1 Å². The molecule has 0 aliphatic heterocycles. The maximum atomic E-state index is 11.8. The molecular formula is C11H15NO6S. The molecule has 19 heavy (non-hydrogen) atoms. The summed E-state index contributed by atoms with van der Waals surface area (Å²) in [4.78, 5) is 9.74. The van der Waals surface area contributed by atoms with Crippen LogP contribution < -0.4 is 0 Å². The highest BCUT2D eigenvalue weighted by atomic mass is 32.2. The van der Waals surface area contributed by atoms with E-state index in [2.05, 4.69) is 0 Å². The smallest absolute Gasteiger partial charge is 0.297 e. The average molecular weight is 289 g/mol. The zero-order chi connectivity index (χ0) is 14.5. The van der Waals surface area contributed by atoms with Gasteiger partial charge in [-0.1, -0.05) is 0 Å². The molecule has 1 aromatic rings. The third-order valence-corrected chi connectivity index (χ3v) is 3.62. The highest BCUT2D eigenvalue weighted by Crippen LogP contribution is 2.18. The summed E-state index contributed by atoms with van der Waals surface area (Å²) in [5.74, 6) is 0. The molecule has 0 fully saturated rings. The molecular weight excluding hydrogens is 274 g/mol. The molecule has 0 N–H and O–H groups in total. The van der Waals surface area contributed by atoms with Crippen molar-refractivity contribution in [2.24, 2.45) is 0 Å². The number of non-ortho nitro benzene ring substituents is 1. The predicted octanol–water partition coefficient (Wildman–Crippen LogP) is 1.73. The van der Waals surface area contributed by atoms with Crippen molar-refractivity contribution in [3.63, 3.8) is 0 Å². The first-order valence-corrected chi connectivity index (χ1v) is 7.03. The molecule has 0 aliphatic carbocycles. The van der Waals surface area contributed by atoms with Crippen molar-refractivity contribution in [2.45, 2.75) is 24.8 Å². The van der Waals surface area contributed by atoms with E-state index in [0.29, 0.717) is 6.61 Å². The highest BCUT2D eigenvalue weighted by Gasteiger charge is 2.20. The van der Waals surface area contributed by atoms with Gasteiger partial charge in [0.15, 0.2) is 0 Å². The van der Waals surface area contributed by atoms with Gasteiger partial charge in [-0.15, -0.1) is 0 Å². The zero-order valence-electron chi connectivity index (χ0n) is 10.6. The maximum absolute atomic E-state index is 11.8. The van der Waals surface area contributed by atoms with Crippen molar-refractivity contribution in [3.8, 4) is 0 Å². The lowest BCUT2D eigenvalue weighted by atomic mass is 10.3. The van der Waals surface area contributed by atoms with Crippen LogP contribution in [0.25, 0.3) is 0 Å². The first-order chi connectivity index (χ1) is 8.86. The van der Waals surface area contributed by atoms with Crippen LogP contribution in [-0.2, 0) is 19.0 Å². The van der Waals surface area contributed by atoms with Gasteiger partial charge in [0, 0.05) is 18.7 Å². The summed E-state index contributed by atoms with van der Waals surface area (Å²) in [5.41, 5.74) is -0.179. The van der Waals surface area contributed by atoms with Crippen molar-refractivity contribution < 1.29 is 22.3 Å². The highest BCUT2D eigenvalue weighted by molar-refractivity contribution is 7.86. The number of nitrogens with zero attached hydrogens (tertiary/aromatic N) is 1. The monoisotopic (exact) mass is 289 g/mol. The third kappa shape index (κ3) is 4.58. The van der Waals surface area contributed by atoms with Crippen LogP contribution in [0.2, 0.25) is 0 Å². The molecule has 1 atom stereocenters. The lowest BCUT2D eigenvalue weighted by molar-refractivity contribution is -0.384. The fraction of sp³-hybridized carbons (Fsp3) is 0.455. The van der Waals surface area contributed by atoms with E-state index in [1.807, 2.05) is 0 Å². The minimum absolute atomic E-state index is 0.124.